The van der Waals surface area contributed by atoms with E-state index >= 15 is 0 Å². The van der Waals surface area contributed by atoms with Gasteiger partial charge in [-0.3, -0.25) is 0 Å². The van der Waals surface area contributed by atoms with Crippen LogP contribution in [0.1, 0.15) is 18.9 Å². The third-order valence-corrected chi connectivity index (χ3v) is 3.15. The third kappa shape index (κ3) is 3.86. The van der Waals surface area contributed by atoms with Crippen LogP contribution in [0, 0.1) is 6.92 Å². The highest BCUT2D eigenvalue weighted by atomic mass is 35.5. The minimum absolute atomic E-state index is 0.334. The molecule has 104 valence electrons. The van der Waals surface area contributed by atoms with Crippen LogP contribution in [0.3, 0.4) is 0 Å². The molecule has 0 aliphatic carbocycles. The first-order valence-corrected chi connectivity index (χ1v) is 6.27. The zero-order chi connectivity index (χ0) is 14.6. The van der Waals surface area contributed by atoms with Gasteiger partial charge in [0.05, 0.1) is 10.7 Å². The van der Waals surface area contributed by atoms with Crippen LogP contribution in [-0.4, -0.2) is 35.1 Å². The lowest BCUT2D eigenvalue weighted by atomic mass is 10.2. The molecule has 0 aromatic heterocycles. The maximum absolute atomic E-state index is 12.0. The summed E-state index contributed by atoms with van der Waals surface area (Å²) in [6, 6.07) is 3.88. The van der Waals surface area contributed by atoms with Gasteiger partial charge in [-0.25, -0.2) is 9.59 Å². The van der Waals surface area contributed by atoms with E-state index in [1.165, 1.54) is 7.05 Å². The van der Waals surface area contributed by atoms with Gasteiger partial charge in [0.1, 0.15) is 6.04 Å². The molecule has 0 aliphatic heterocycles. The molecule has 0 fully saturated rings. The van der Waals surface area contributed by atoms with Crippen LogP contribution >= 0.6 is 11.6 Å². The third-order valence-electron chi connectivity index (χ3n) is 2.82. The van der Waals surface area contributed by atoms with E-state index in [1.54, 1.807) is 19.1 Å². The van der Waals surface area contributed by atoms with Crippen molar-refractivity contribution in [3.05, 3.63) is 28.8 Å². The van der Waals surface area contributed by atoms with Crippen LogP contribution < -0.4 is 5.32 Å². The first-order chi connectivity index (χ1) is 8.86. The highest BCUT2D eigenvalue weighted by Crippen LogP contribution is 2.23. The summed E-state index contributed by atoms with van der Waals surface area (Å²) in [7, 11) is 1.45. The van der Waals surface area contributed by atoms with Crippen LogP contribution in [0.15, 0.2) is 18.2 Å². The van der Waals surface area contributed by atoms with Crippen molar-refractivity contribution in [2.45, 2.75) is 26.3 Å². The number of hydrogen-bond acceptors (Lipinski definition) is 2. The molecule has 0 aliphatic rings. The summed E-state index contributed by atoms with van der Waals surface area (Å²) in [5, 5.41) is 12.0. The molecular formula is C13H17ClN2O3. The molecule has 0 saturated heterocycles. The Bertz CT molecular complexity index is 491. The SMILES string of the molecule is CCC(C(=O)O)N(C)C(=O)Nc1cc(C)ccc1Cl. The zero-order valence-corrected chi connectivity index (χ0v) is 11.9. The number of carboxylic acid groups (broad SMARTS) is 1. The number of nitrogens with one attached hydrogen (secondary N) is 1. The summed E-state index contributed by atoms with van der Waals surface area (Å²) in [5.74, 6) is -1.03. The largest absolute Gasteiger partial charge is 0.480 e. The summed E-state index contributed by atoms with van der Waals surface area (Å²) in [6.07, 6.45) is 0.334. The van der Waals surface area contributed by atoms with Gasteiger partial charge in [-0.05, 0) is 31.0 Å². The number of anilines is 1. The molecule has 1 rings (SSSR count). The Morgan fingerprint density at radius 2 is 2.11 bits per heavy atom. The number of amides is 2. The molecule has 6 heteroatoms. The number of carboxylic acids is 1. The van der Waals surface area contributed by atoms with E-state index in [-0.39, 0.29) is 0 Å². The molecule has 19 heavy (non-hydrogen) atoms. The molecule has 0 saturated carbocycles. The molecule has 0 heterocycles. The van der Waals surface area contributed by atoms with E-state index in [1.807, 2.05) is 13.0 Å². The molecule has 0 radical (unpaired) electrons. The van der Waals surface area contributed by atoms with Crippen molar-refractivity contribution in [1.29, 1.82) is 0 Å². The number of carbonyl (C=O) groups excluding carboxylic acids is 1. The summed E-state index contributed by atoms with van der Waals surface area (Å²) >= 11 is 5.97. The standard InChI is InChI=1S/C13H17ClN2O3/c1-4-11(12(17)18)16(3)13(19)15-10-7-8(2)5-6-9(10)14/h5-7,11H,4H2,1-3H3,(H,15,19)(H,17,18). The Labute approximate surface area is 117 Å². The van der Waals surface area contributed by atoms with Crippen molar-refractivity contribution >= 4 is 29.3 Å². The van der Waals surface area contributed by atoms with E-state index in [4.69, 9.17) is 16.7 Å². The van der Waals surface area contributed by atoms with Gasteiger partial charge in [-0.1, -0.05) is 24.6 Å². The van der Waals surface area contributed by atoms with Crippen LogP contribution in [-0.2, 0) is 4.79 Å². The molecule has 0 spiro atoms. The number of carbonyl (C=O) groups is 2. The number of halogens is 1. The van der Waals surface area contributed by atoms with Crippen molar-refractivity contribution < 1.29 is 14.7 Å². The second-order valence-corrected chi connectivity index (χ2v) is 4.69. The predicted molar refractivity (Wildman–Crippen MR) is 74.7 cm³/mol. The Morgan fingerprint density at radius 3 is 2.63 bits per heavy atom. The average molecular weight is 285 g/mol. The molecule has 1 atom stereocenters. The number of rotatable bonds is 4. The van der Waals surface area contributed by atoms with Crippen LogP contribution in [0.5, 0.6) is 0 Å². The monoisotopic (exact) mass is 284 g/mol. The fourth-order valence-corrected chi connectivity index (χ4v) is 1.86. The quantitative estimate of drug-likeness (QED) is 0.893. The lowest BCUT2D eigenvalue weighted by Gasteiger charge is -2.24. The number of benzene rings is 1. The fourth-order valence-electron chi connectivity index (χ4n) is 1.69. The maximum Gasteiger partial charge on any atom is 0.326 e. The smallest absolute Gasteiger partial charge is 0.326 e. The number of nitrogens with zero attached hydrogens (tertiary/aromatic N) is 1. The van der Waals surface area contributed by atoms with E-state index in [2.05, 4.69) is 5.32 Å². The molecular weight excluding hydrogens is 268 g/mol. The first kappa shape index (κ1) is 15.3. The van der Waals surface area contributed by atoms with Crippen molar-refractivity contribution in [2.24, 2.45) is 0 Å². The molecule has 1 aromatic carbocycles. The van der Waals surface area contributed by atoms with E-state index < -0.39 is 18.0 Å². The maximum atomic E-state index is 12.0. The Morgan fingerprint density at radius 1 is 1.47 bits per heavy atom. The number of urea groups is 1. The van der Waals surface area contributed by atoms with Crippen LogP contribution in [0.25, 0.3) is 0 Å². The topological polar surface area (TPSA) is 69.6 Å². The van der Waals surface area contributed by atoms with Gasteiger partial charge in [0.2, 0.25) is 0 Å². The van der Waals surface area contributed by atoms with Gasteiger partial charge in [0, 0.05) is 7.05 Å². The molecule has 0 bridgehead atoms. The number of aryl methyl sites for hydroxylation is 1. The van der Waals surface area contributed by atoms with Crippen LogP contribution in [0.4, 0.5) is 10.5 Å². The van der Waals surface area contributed by atoms with Gasteiger partial charge in [-0.2, -0.15) is 0 Å². The highest BCUT2D eigenvalue weighted by Gasteiger charge is 2.24. The van der Waals surface area contributed by atoms with Crippen molar-refractivity contribution in [2.75, 3.05) is 12.4 Å². The van der Waals surface area contributed by atoms with Gasteiger partial charge in [0.25, 0.3) is 0 Å². The summed E-state index contributed by atoms with van der Waals surface area (Å²) in [6.45, 7) is 3.59. The van der Waals surface area contributed by atoms with Gasteiger partial charge in [0.15, 0.2) is 0 Å². The van der Waals surface area contributed by atoms with E-state index in [9.17, 15) is 9.59 Å². The Balaban J connectivity index is 2.84. The lowest BCUT2D eigenvalue weighted by molar-refractivity contribution is -0.141. The van der Waals surface area contributed by atoms with Gasteiger partial charge >= 0.3 is 12.0 Å². The summed E-state index contributed by atoms with van der Waals surface area (Å²) < 4.78 is 0. The molecule has 1 unspecified atom stereocenters. The summed E-state index contributed by atoms with van der Waals surface area (Å²) in [4.78, 5) is 24.1. The van der Waals surface area contributed by atoms with Crippen molar-refractivity contribution in [1.82, 2.24) is 4.90 Å². The number of hydrogen-bond donors (Lipinski definition) is 2. The van der Waals surface area contributed by atoms with Gasteiger partial charge in [-0.15, -0.1) is 0 Å². The minimum Gasteiger partial charge on any atom is -0.480 e. The number of likely N-dealkylation sites (N-methyl/N-ethyl adjacent to an activating group) is 1. The van der Waals surface area contributed by atoms with Gasteiger partial charge < -0.3 is 15.3 Å². The average Bonchev–Trinajstić information content (AvgIpc) is 2.34. The first-order valence-electron chi connectivity index (χ1n) is 5.89. The highest BCUT2D eigenvalue weighted by molar-refractivity contribution is 6.33. The van der Waals surface area contributed by atoms with E-state index in [0.29, 0.717) is 17.1 Å². The fraction of sp³-hybridized carbons (Fsp3) is 0.385. The second kappa shape index (κ2) is 6.43. The Kier molecular flexibility index (Phi) is 5.18. The number of aliphatic carboxylic acids is 1. The Hall–Kier alpha value is -1.75. The molecule has 2 N–H and O–H groups in total. The van der Waals surface area contributed by atoms with Crippen molar-refractivity contribution in [3.63, 3.8) is 0 Å². The van der Waals surface area contributed by atoms with Crippen molar-refractivity contribution in [3.8, 4) is 0 Å². The summed E-state index contributed by atoms with van der Waals surface area (Å²) in [5.41, 5.74) is 1.42. The van der Waals surface area contributed by atoms with E-state index in [0.717, 1.165) is 10.5 Å². The molecule has 5 nitrogen and oxygen atoms in total. The predicted octanol–water partition coefficient (Wildman–Crippen LogP) is 2.98. The molecule has 1 aromatic rings. The van der Waals surface area contributed by atoms with Crippen LogP contribution in [0.2, 0.25) is 5.02 Å². The zero-order valence-electron chi connectivity index (χ0n) is 11.1. The normalized spacial score (nSPS) is 11.8. The molecule has 2 amide bonds. The lowest BCUT2D eigenvalue weighted by Crippen LogP contribution is -2.44. The minimum atomic E-state index is -1.03. The second-order valence-electron chi connectivity index (χ2n) is 4.29.